The Kier molecular flexibility index (Phi) is 4.00. The Labute approximate surface area is 130 Å². The quantitative estimate of drug-likeness (QED) is 0.886. The Morgan fingerprint density at radius 2 is 2.00 bits per heavy atom. The van der Waals surface area contributed by atoms with Gasteiger partial charge in [0.05, 0.1) is 0 Å². The highest BCUT2D eigenvalue weighted by Gasteiger charge is 2.22. The number of nitrogen functional groups attached to an aromatic ring is 1. The van der Waals surface area contributed by atoms with Gasteiger partial charge in [0, 0.05) is 17.9 Å². The normalized spacial score (nSPS) is 13.6. The van der Waals surface area contributed by atoms with Gasteiger partial charge >= 0.3 is 0 Å². The van der Waals surface area contributed by atoms with Crippen LogP contribution in [0.3, 0.4) is 0 Å². The number of anilines is 2. The molecule has 0 aromatic heterocycles. The molecule has 0 saturated heterocycles. The molecule has 1 heterocycles. The highest BCUT2D eigenvalue weighted by molar-refractivity contribution is 5.95. The van der Waals surface area contributed by atoms with E-state index in [4.69, 9.17) is 10.5 Å². The summed E-state index contributed by atoms with van der Waals surface area (Å²) >= 11 is 0. The summed E-state index contributed by atoms with van der Waals surface area (Å²) in [5.41, 5.74) is 9.82. The van der Waals surface area contributed by atoms with Crippen molar-refractivity contribution in [1.29, 1.82) is 0 Å². The molecule has 0 fully saturated rings. The lowest BCUT2D eigenvalue weighted by Gasteiger charge is -2.29. The molecule has 0 unspecified atom stereocenters. The minimum atomic E-state index is -0.0219. The van der Waals surface area contributed by atoms with Crippen LogP contribution in [0.15, 0.2) is 42.5 Å². The number of hydrogen-bond acceptors (Lipinski definition) is 3. The lowest BCUT2D eigenvalue weighted by molar-refractivity contribution is -0.120. The van der Waals surface area contributed by atoms with E-state index in [-0.39, 0.29) is 12.5 Å². The van der Waals surface area contributed by atoms with Crippen LogP contribution in [0.2, 0.25) is 0 Å². The summed E-state index contributed by atoms with van der Waals surface area (Å²) < 4.78 is 5.60. The maximum Gasteiger partial charge on any atom is 0.264 e. The van der Waals surface area contributed by atoms with Crippen molar-refractivity contribution in [3.8, 4) is 5.75 Å². The SMILES string of the molecule is Cc1ccc(OCC(=O)N2CCCc3cc(N)ccc32)cc1. The minimum Gasteiger partial charge on any atom is -0.484 e. The molecular weight excluding hydrogens is 276 g/mol. The van der Waals surface area contributed by atoms with E-state index in [1.165, 1.54) is 5.56 Å². The zero-order chi connectivity index (χ0) is 15.5. The first-order valence-corrected chi connectivity index (χ1v) is 7.52. The topological polar surface area (TPSA) is 55.6 Å². The third kappa shape index (κ3) is 3.06. The van der Waals surface area contributed by atoms with Crippen LogP contribution in [-0.2, 0) is 11.2 Å². The van der Waals surface area contributed by atoms with Crippen molar-refractivity contribution in [2.24, 2.45) is 0 Å². The predicted molar refractivity (Wildman–Crippen MR) is 88.2 cm³/mol. The molecule has 2 aromatic carbocycles. The van der Waals surface area contributed by atoms with Gasteiger partial charge in [0.15, 0.2) is 6.61 Å². The Hall–Kier alpha value is -2.49. The van der Waals surface area contributed by atoms with Crippen LogP contribution >= 0.6 is 0 Å². The summed E-state index contributed by atoms with van der Waals surface area (Å²) in [5, 5.41) is 0. The summed E-state index contributed by atoms with van der Waals surface area (Å²) in [6.07, 6.45) is 1.91. The summed E-state index contributed by atoms with van der Waals surface area (Å²) in [5.74, 6) is 0.694. The molecule has 4 nitrogen and oxygen atoms in total. The second-order valence-corrected chi connectivity index (χ2v) is 5.64. The molecule has 114 valence electrons. The average Bonchev–Trinajstić information content (AvgIpc) is 2.53. The van der Waals surface area contributed by atoms with E-state index >= 15 is 0 Å². The Morgan fingerprint density at radius 1 is 1.23 bits per heavy atom. The van der Waals surface area contributed by atoms with E-state index in [9.17, 15) is 4.79 Å². The molecule has 0 spiro atoms. The molecule has 2 aromatic rings. The Balaban J connectivity index is 1.70. The third-order valence-corrected chi connectivity index (χ3v) is 3.91. The summed E-state index contributed by atoms with van der Waals surface area (Å²) in [6.45, 7) is 2.80. The molecule has 1 aliphatic rings. The first-order chi connectivity index (χ1) is 10.6. The molecule has 0 aliphatic carbocycles. The third-order valence-electron chi connectivity index (χ3n) is 3.91. The molecule has 0 atom stereocenters. The molecule has 4 heteroatoms. The van der Waals surface area contributed by atoms with Gasteiger partial charge < -0.3 is 15.4 Å². The molecular formula is C18H20N2O2. The van der Waals surface area contributed by atoms with Gasteiger partial charge in [-0.05, 0) is 55.7 Å². The van der Waals surface area contributed by atoms with Crippen LogP contribution in [0.25, 0.3) is 0 Å². The fraction of sp³-hybridized carbons (Fsp3) is 0.278. The van der Waals surface area contributed by atoms with E-state index in [2.05, 4.69) is 0 Å². The van der Waals surface area contributed by atoms with E-state index < -0.39 is 0 Å². The average molecular weight is 296 g/mol. The van der Waals surface area contributed by atoms with Gasteiger partial charge in [-0.3, -0.25) is 4.79 Å². The van der Waals surface area contributed by atoms with Crippen LogP contribution in [0.4, 0.5) is 11.4 Å². The van der Waals surface area contributed by atoms with Crippen LogP contribution in [0.1, 0.15) is 17.5 Å². The van der Waals surface area contributed by atoms with Gasteiger partial charge in [0.2, 0.25) is 0 Å². The molecule has 1 aliphatic heterocycles. The van der Waals surface area contributed by atoms with Gasteiger partial charge in [0.1, 0.15) is 5.75 Å². The molecule has 22 heavy (non-hydrogen) atoms. The summed E-state index contributed by atoms with van der Waals surface area (Å²) in [6, 6.07) is 13.4. The molecule has 0 bridgehead atoms. The fourth-order valence-electron chi connectivity index (χ4n) is 2.73. The van der Waals surface area contributed by atoms with Gasteiger partial charge in [-0.2, -0.15) is 0 Å². The number of aryl methyl sites for hydroxylation is 2. The first-order valence-electron chi connectivity index (χ1n) is 7.52. The number of benzene rings is 2. The first kappa shape index (κ1) is 14.4. The highest BCUT2D eigenvalue weighted by atomic mass is 16.5. The van der Waals surface area contributed by atoms with Crippen molar-refractivity contribution in [2.45, 2.75) is 19.8 Å². The van der Waals surface area contributed by atoms with Crippen molar-refractivity contribution in [3.05, 3.63) is 53.6 Å². The predicted octanol–water partition coefficient (Wildman–Crippen LogP) is 2.94. The number of carbonyl (C=O) groups excluding carboxylic acids is 1. The number of carbonyl (C=O) groups is 1. The fourth-order valence-corrected chi connectivity index (χ4v) is 2.73. The van der Waals surface area contributed by atoms with Crippen LogP contribution < -0.4 is 15.4 Å². The van der Waals surface area contributed by atoms with Crippen molar-refractivity contribution in [2.75, 3.05) is 23.8 Å². The Morgan fingerprint density at radius 3 is 2.77 bits per heavy atom. The molecule has 1 amide bonds. The number of rotatable bonds is 3. The van der Waals surface area contributed by atoms with Gasteiger partial charge in [-0.25, -0.2) is 0 Å². The summed E-state index contributed by atoms with van der Waals surface area (Å²) in [7, 11) is 0. The number of amides is 1. The standard InChI is InChI=1S/C18H20N2O2/c1-13-4-7-16(8-5-13)22-12-18(21)20-10-2-3-14-11-15(19)6-9-17(14)20/h4-9,11H,2-3,10,12,19H2,1H3. The lowest BCUT2D eigenvalue weighted by Crippen LogP contribution is -2.38. The van der Waals surface area contributed by atoms with E-state index in [1.54, 1.807) is 4.90 Å². The summed E-state index contributed by atoms with van der Waals surface area (Å²) in [4.78, 5) is 14.3. The number of hydrogen-bond donors (Lipinski definition) is 1. The van der Waals surface area contributed by atoms with Crippen molar-refractivity contribution in [1.82, 2.24) is 0 Å². The van der Waals surface area contributed by atoms with Crippen LogP contribution in [0.5, 0.6) is 5.75 Å². The van der Waals surface area contributed by atoms with Crippen molar-refractivity contribution in [3.63, 3.8) is 0 Å². The number of nitrogens with two attached hydrogens (primary N) is 1. The van der Waals surface area contributed by atoms with Crippen LogP contribution in [0, 0.1) is 6.92 Å². The lowest BCUT2D eigenvalue weighted by atomic mass is 10.0. The Bertz CT molecular complexity index is 680. The molecule has 0 saturated carbocycles. The van der Waals surface area contributed by atoms with Gasteiger partial charge in [-0.15, -0.1) is 0 Å². The number of ether oxygens (including phenoxy) is 1. The van der Waals surface area contributed by atoms with E-state index in [1.807, 2.05) is 49.4 Å². The zero-order valence-electron chi connectivity index (χ0n) is 12.7. The largest absolute Gasteiger partial charge is 0.484 e. The monoisotopic (exact) mass is 296 g/mol. The van der Waals surface area contributed by atoms with Gasteiger partial charge in [-0.1, -0.05) is 17.7 Å². The molecule has 3 rings (SSSR count). The second-order valence-electron chi connectivity index (χ2n) is 5.64. The molecule has 2 N–H and O–H groups in total. The van der Waals surface area contributed by atoms with Crippen LogP contribution in [-0.4, -0.2) is 19.1 Å². The smallest absolute Gasteiger partial charge is 0.264 e. The van der Waals surface area contributed by atoms with E-state index in [0.717, 1.165) is 36.3 Å². The maximum absolute atomic E-state index is 12.5. The zero-order valence-corrected chi connectivity index (χ0v) is 12.7. The van der Waals surface area contributed by atoms with E-state index in [0.29, 0.717) is 5.75 Å². The highest BCUT2D eigenvalue weighted by Crippen LogP contribution is 2.29. The number of fused-ring (bicyclic) bond motifs is 1. The second kappa shape index (κ2) is 6.10. The van der Waals surface area contributed by atoms with Crippen molar-refractivity contribution >= 4 is 17.3 Å². The molecule has 0 radical (unpaired) electrons. The van der Waals surface area contributed by atoms with Crippen molar-refractivity contribution < 1.29 is 9.53 Å². The maximum atomic E-state index is 12.5. The minimum absolute atomic E-state index is 0.0219. The number of nitrogens with zero attached hydrogens (tertiary/aromatic N) is 1. The van der Waals surface area contributed by atoms with Gasteiger partial charge in [0.25, 0.3) is 5.91 Å².